The van der Waals surface area contributed by atoms with Gasteiger partial charge in [-0.05, 0) is 45.2 Å². The summed E-state index contributed by atoms with van der Waals surface area (Å²) in [5.74, 6) is -0.421. The van der Waals surface area contributed by atoms with Crippen molar-refractivity contribution in [3.05, 3.63) is 46.8 Å². The summed E-state index contributed by atoms with van der Waals surface area (Å²) in [7, 11) is 0. The number of fused-ring (bicyclic) bond motifs is 4. The number of halogens is 1. The van der Waals surface area contributed by atoms with Gasteiger partial charge in [-0.15, -0.1) is 0 Å². The van der Waals surface area contributed by atoms with E-state index in [0.717, 1.165) is 36.3 Å². The molecule has 7 nitrogen and oxygen atoms in total. The highest BCUT2D eigenvalue weighted by atomic mass is 19.1. The quantitative estimate of drug-likeness (QED) is 0.701. The molecule has 5 rings (SSSR count). The third kappa shape index (κ3) is 2.43. The summed E-state index contributed by atoms with van der Waals surface area (Å²) in [4.78, 5) is 2.16. The van der Waals surface area contributed by atoms with Gasteiger partial charge in [0.2, 0.25) is 0 Å². The zero-order chi connectivity index (χ0) is 19.6. The van der Waals surface area contributed by atoms with E-state index in [2.05, 4.69) is 34.6 Å². The molecule has 1 unspecified atom stereocenters. The van der Waals surface area contributed by atoms with Gasteiger partial charge < -0.3 is 10.6 Å². The van der Waals surface area contributed by atoms with Crippen LogP contribution < -0.4 is 10.6 Å². The molecule has 1 aliphatic heterocycles. The monoisotopic (exact) mass is 379 g/mol. The van der Waals surface area contributed by atoms with Gasteiger partial charge in [0.25, 0.3) is 0 Å². The van der Waals surface area contributed by atoms with Gasteiger partial charge in [0.15, 0.2) is 5.82 Å². The average Bonchev–Trinajstić information content (AvgIpc) is 3.22. The summed E-state index contributed by atoms with van der Waals surface area (Å²) in [6.07, 6.45) is 3.81. The Morgan fingerprint density at radius 3 is 3.00 bits per heavy atom. The zero-order valence-corrected chi connectivity index (χ0v) is 16.0. The summed E-state index contributed by atoms with van der Waals surface area (Å²) < 4.78 is 18.0. The van der Waals surface area contributed by atoms with Crippen LogP contribution in [0.5, 0.6) is 0 Å². The lowest BCUT2D eigenvalue weighted by atomic mass is 9.82. The Hall–Kier alpha value is -2.92. The van der Waals surface area contributed by atoms with Gasteiger partial charge in [0.05, 0.1) is 35.9 Å². The Bertz CT molecular complexity index is 1130. The molecule has 0 spiro atoms. The molecule has 0 amide bonds. The normalized spacial score (nSPS) is 24.1. The minimum absolute atomic E-state index is 0.153. The standard InChI is InChI=1S/C20H22FN7/c1-12-10-26(17-4-3-13(8-22)28-19(17)15(21)9-24-28)11-18-14-7-20(2,23)6-5-16(14)25-27(12)18/h3-4,9,12H,5-7,10-11,23H2,1-2H3/t12-,20?/m1/s1. The van der Waals surface area contributed by atoms with Crippen LogP contribution in [0, 0.1) is 17.1 Å². The molecule has 3 aromatic rings. The molecule has 3 aromatic heterocycles. The zero-order valence-electron chi connectivity index (χ0n) is 16.0. The van der Waals surface area contributed by atoms with Crippen LogP contribution in [0.15, 0.2) is 18.3 Å². The maximum absolute atomic E-state index is 14.5. The van der Waals surface area contributed by atoms with Gasteiger partial charge in [0, 0.05) is 17.6 Å². The summed E-state index contributed by atoms with van der Waals surface area (Å²) in [5, 5.41) is 18.2. The van der Waals surface area contributed by atoms with E-state index in [9.17, 15) is 9.65 Å². The second kappa shape index (κ2) is 5.79. The Morgan fingerprint density at radius 2 is 2.21 bits per heavy atom. The van der Waals surface area contributed by atoms with E-state index in [1.807, 2.05) is 6.07 Å². The Kier molecular flexibility index (Phi) is 3.55. The van der Waals surface area contributed by atoms with Crippen LogP contribution in [0.1, 0.15) is 49.0 Å². The van der Waals surface area contributed by atoms with Crippen molar-refractivity contribution in [2.24, 2.45) is 5.73 Å². The number of hydrogen-bond donors (Lipinski definition) is 1. The van der Waals surface area contributed by atoms with Crippen molar-refractivity contribution in [3.8, 4) is 6.07 Å². The molecule has 8 heteroatoms. The summed E-state index contributed by atoms with van der Waals surface area (Å²) in [6.45, 7) is 5.56. The largest absolute Gasteiger partial charge is 0.362 e. The van der Waals surface area contributed by atoms with Gasteiger partial charge in [-0.3, -0.25) is 4.68 Å². The number of pyridine rings is 1. The molecule has 1 aliphatic carbocycles. The fourth-order valence-electron chi connectivity index (χ4n) is 4.60. The maximum atomic E-state index is 14.5. The number of aromatic nitrogens is 4. The molecule has 28 heavy (non-hydrogen) atoms. The van der Waals surface area contributed by atoms with Crippen molar-refractivity contribution < 1.29 is 4.39 Å². The van der Waals surface area contributed by atoms with Crippen molar-refractivity contribution in [1.29, 1.82) is 5.26 Å². The Balaban J connectivity index is 1.61. The fraction of sp³-hybridized carbons (Fsp3) is 0.450. The average molecular weight is 379 g/mol. The van der Waals surface area contributed by atoms with Crippen molar-refractivity contribution in [1.82, 2.24) is 19.4 Å². The molecular weight excluding hydrogens is 357 g/mol. The lowest BCUT2D eigenvalue weighted by Gasteiger charge is -2.35. The molecule has 2 N–H and O–H groups in total. The first-order valence-corrected chi connectivity index (χ1v) is 9.57. The molecule has 0 saturated carbocycles. The second-order valence-corrected chi connectivity index (χ2v) is 8.35. The van der Waals surface area contributed by atoms with Gasteiger partial charge in [-0.2, -0.15) is 15.5 Å². The third-order valence-corrected chi connectivity index (χ3v) is 6.01. The van der Waals surface area contributed by atoms with Crippen LogP contribution in [0.25, 0.3) is 5.52 Å². The van der Waals surface area contributed by atoms with Crippen LogP contribution in [0.2, 0.25) is 0 Å². The lowest BCUT2D eigenvalue weighted by molar-refractivity contribution is 0.405. The predicted molar refractivity (Wildman–Crippen MR) is 102 cm³/mol. The molecule has 0 radical (unpaired) electrons. The number of rotatable bonds is 1. The maximum Gasteiger partial charge on any atom is 0.171 e. The molecule has 144 valence electrons. The number of nitrogens with zero attached hydrogens (tertiary/aromatic N) is 6. The summed E-state index contributed by atoms with van der Waals surface area (Å²) in [5.41, 5.74) is 11.2. The van der Waals surface area contributed by atoms with E-state index in [1.165, 1.54) is 16.3 Å². The van der Waals surface area contributed by atoms with E-state index in [-0.39, 0.29) is 11.6 Å². The molecule has 0 fully saturated rings. The number of aryl methyl sites for hydroxylation is 1. The number of nitriles is 1. The molecular formula is C20H22FN7. The van der Waals surface area contributed by atoms with E-state index >= 15 is 0 Å². The van der Waals surface area contributed by atoms with Crippen molar-refractivity contribution in [3.63, 3.8) is 0 Å². The van der Waals surface area contributed by atoms with Crippen molar-refractivity contribution in [2.45, 2.75) is 51.2 Å². The first-order valence-electron chi connectivity index (χ1n) is 9.57. The first kappa shape index (κ1) is 17.2. The summed E-state index contributed by atoms with van der Waals surface area (Å²) >= 11 is 0. The molecule has 2 atom stereocenters. The van der Waals surface area contributed by atoms with E-state index in [4.69, 9.17) is 10.8 Å². The van der Waals surface area contributed by atoms with Crippen LogP contribution in [-0.2, 0) is 19.4 Å². The predicted octanol–water partition coefficient (Wildman–Crippen LogP) is 2.33. The van der Waals surface area contributed by atoms with Gasteiger partial charge in [-0.25, -0.2) is 8.91 Å². The van der Waals surface area contributed by atoms with Gasteiger partial charge in [-0.1, -0.05) is 0 Å². The van der Waals surface area contributed by atoms with Crippen LogP contribution in [0.3, 0.4) is 0 Å². The highest BCUT2D eigenvalue weighted by Gasteiger charge is 2.35. The van der Waals surface area contributed by atoms with E-state index in [0.29, 0.717) is 24.3 Å². The smallest absolute Gasteiger partial charge is 0.171 e. The Labute approximate surface area is 162 Å². The third-order valence-electron chi connectivity index (χ3n) is 6.01. The number of anilines is 1. The highest BCUT2D eigenvalue weighted by Crippen LogP contribution is 2.36. The molecule has 2 aliphatic rings. The molecule has 4 heterocycles. The van der Waals surface area contributed by atoms with Crippen LogP contribution in [0.4, 0.5) is 10.1 Å². The van der Waals surface area contributed by atoms with Crippen LogP contribution >= 0.6 is 0 Å². The SMILES string of the molecule is C[C@@H]1CN(c2ccc(C#N)n3ncc(F)c23)Cc2c3c(nn21)CCC(C)(N)C3. The first-order chi connectivity index (χ1) is 13.4. The molecule has 0 saturated heterocycles. The highest BCUT2D eigenvalue weighted by molar-refractivity contribution is 5.75. The van der Waals surface area contributed by atoms with E-state index < -0.39 is 5.82 Å². The minimum Gasteiger partial charge on any atom is -0.362 e. The minimum atomic E-state index is -0.421. The summed E-state index contributed by atoms with van der Waals surface area (Å²) in [6, 6.07) is 5.73. The fourth-order valence-corrected chi connectivity index (χ4v) is 4.60. The second-order valence-electron chi connectivity index (χ2n) is 8.35. The molecule has 0 aromatic carbocycles. The van der Waals surface area contributed by atoms with Gasteiger partial charge in [0.1, 0.15) is 17.3 Å². The Morgan fingerprint density at radius 1 is 1.39 bits per heavy atom. The topological polar surface area (TPSA) is 88.2 Å². The van der Waals surface area contributed by atoms with Crippen LogP contribution in [-0.4, -0.2) is 31.5 Å². The van der Waals surface area contributed by atoms with Crippen molar-refractivity contribution >= 4 is 11.2 Å². The van der Waals surface area contributed by atoms with Gasteiger partial charge >= 0.3 is 0 Å². The lowest BCUT2D eigenvalue weighted by Crippen LogP contribution is -2.42. The number of nitrogens with two attached hydrogens (primary N) is 1. The molecule has 0 bridgehead atoms. The number of hydrogen-bond acceptors (Lipinski definition) is 5. The van der Waals surface area contributed by atoms with Crippen molar-refractivity contribution in [2.75, 3.05) is 11.4 Å². The van der Waals surface area contributed by atoms with E-state index in [1.54, 1.807) is 6.07 Å².